The highest BCUT2D eigenvalue weighted by molar-refractivity contribution is 7.85. The number of quaternary nitrogens is 1. The van der Waals surface area contributed by atoms with E-state index in [1.54, 1.807) is 0 Å². The Bertz CT molecular complexity index is 271. The SMILES string of the molecule is CCC[N+](CCC)(CCC)CCCS(=O)(=O)O. The van der Waals surface area contributed by atoms with Crippen LogP contribution in [0.2, 0.25) is 0 Å². The third kappa shape index (κ3) is 7.73. The van der Waals surface area contributed by atoms with Crippen molar-refractivity contribution in [1.82, 2.24) is 0 Å². The van der Waals surface area contributed by atoms with Crippen LogP contribution >= 0.6 is 0 Å². The van der Waals surface area contributed by atoms with E-state index in [0.717, 1.165) is 49.9 Å². The largest absolute Gasteiger partial charge is 0.324 e. The molecule has 0 saturated carbocycles. The minimum absolute atomic E-state index is 0.107. The zero-order valence-electron chi connectivity index (χ0n) is 11.5. The van der Waals surface area contributed by atoms with Crippen molar-refractivity contribution < 1.29 is 17.5 Å². The molecule has 1 N–H and O–H groups in total. The quantitative estimate of drug-likeness (QED) is 0.487. The first-order valence-electron chi connectivity index (χ1n) is 6.69. The summed E-state index contributed by atoms with van der Waals surface area (Å²) in [4.78, 5) is 0. The van der Waals surface area contributed by atoms with Crippen LogP contribution in [-0.2, 0) is 10.1 Å². The van der Waals surface area contributed by atoms with E-state index in [0.29, 0.717) is 6.42 Å². The number of hydrogen-bond acceptors (Lipinski definition) is 2. The van der Waals surface area contributed by atoms with Crippen molar-refractivity contribution in [1.29, 1.82) is 0 Å². The number of rotatable bonds is 10. The van der Waals surface area contributed by atoms with Gasteiger partial charge in [-0.1, -0.05) is 20.8 Å². The molecule has 104 valence electrons. The highest BCUT2D eigenvalue weighted by Gasteiger charge is 2.24. The molecule has 0 aliphatic heterocycles. The lowest BCUT2D eigenvalue weighted by molar-refractivity contribution is -0.928. The van der Waals surface area contributed by atoms with Gasteiger partial charge >= 0.3 is 0 Å². The molecule has 0 aliphatic rings. The van der Waals surface area contributed by atoms with Gasteiger partial charge in [0.15, 0.2) is 0 Å². The topological polar surface area (TPSA) is 54.4 Å². The van der Waals surface area contributed by atoms with Crippen LogP contribution in [0.1, 0.15) is 46.5 Å². The van der Waals surface area contributed by atoms with Crippen LogP contribution in [0.15, 0.2) is 0 Å². The van der Waals surface area contributed by atoms with Crippen LogP contribution in [-0.4, -0.2) is 49.4 Å². The highest BCUT2D eigenvalue weighted by atomic mass is 32.2. The second-order valence-electron chi connectivity index (χ2n) is 4.88. The molecule has 0 aromatic heterocycles. The second-order valence-corrected chi connectivity index (χ2v) is 6.45. The van der Waals surface area contributed by atoms with E-state index in [1.165, 1.54) is 0 Å². The van der Waals surface area contributed by atoms with E-state index in [9.17, 15) is 8.42 Å². The molecule has 0 saturated heterocycles. The third-order valence-electron chi connectivity index (χ3n) is 3.13. The van der Waals surface area contributed by atoms with Gasteiger partial charge in [-0.15, -0.1) is 0 Å². The lowest BCUT2D eigenvalue weighted by atomic mass is 10.2. The van der Waals surface area contributed by atoms with Gasteiger partial charge in [0.25, 0.3) is 10.1 Å². The Morgan fingerprint density at radius 1 is 0.882 bits per heavy atom. The number of hydrogen-bond donors (Lipinski definition) is 1. The van der Waals surface area contributed by atoms with Crippen molar-refractivity contribution in [2.75, 3.05) is 31.9 Å². The van der Waals surface area contributed by atoms with Crippen LogP contribution < -0.4 is 0 Å². The molecule has 0 aromatic rings. The van der Waals surface area contributed by atoms with Gasteiger partial charge in [-0.3, -0.25) is 4.55 Å². The van der Waals surface area contributed by atoms with Crippen molar-refractivity contribution in [2.45, 2.75) is 46.5 Å². The van der Waals surface area contributed by atoms with Crippen LogP contribution in [0.25, 0.3) is 0 Å². The van der Waals surface area contributed by atoms with E-state index < -0.39 is 10.1 Å². The fraction of sp³-hybridized carbons (Fsp3) is 1.00. The lowest BCUT2D eigenvalue weighted by Gasteiger charge is -2.38. The molecule has 0 rings (SSSR count). The maximum absolute atomic E-state index is 10.7. The van der Waals surface area contributed by atoms with Crippen molar-refractivity contribution >= 4 is 10.1 Å². The summed E-state index contributed by atoms with van der Waals surface area (Å²) in [6.45, 7) is 10.7. The molecule has 4 nitrogen and oxygen atoms in total. The van der Waals surface area contributed by atoms with E-state index in [-0.39, 0.29) is 5.75 Å². The normalized spacial score (nSPS) is 12.9. The summed E-state index contributed by atoms with van der Waals surface area (Å²) in [6, 6.07) is 0. The van der Waals surface area contributed by atoms with Gasteiger partial charge in [-0.25, -0.2) is 0 Å². The van der Waals surface area contributed by atoms with Gasteiger partial charge in [-0.05, 0) is 19.3 Å². The Labute approximate surface area is 106 Å². The van der Waals surface area contributed by atoms with Gasteiger partial charge < -0.3 is 4.48 Å². The van der Waals surface area contributed by atoms with Crippen molar-refractivity contribution in [2.24, 2.45) is 0 Å². The molecule has 0 radical (unpaired) electrons. The Kier molecular flexibility index (Phi) is 8.00. The monoisotopic (exact) mass is 266 g/mol. The predicted octanol–water partition coefficient (Wildman–Crippen LogP) is 2.31. The summed E-state index contributed by atoms with van der Waals surface area (Å²) in [7, 11) is -3.80. The summed E-state index contributed by atoms with van der Waals surface area (Å²) in [5, 5.41) is 0. The smallest absolute Gasteiger partial charge is 0.265 e. The molecule has 0 spiro atoms. The molecule has 0 aliphatic carbocycles. The highest BCUT2D eigenvalue weighted by Crippen LogP contribution is 2.13. The van der Waals surface area contributed by atoms with Crippen LogP contribution in [0.4, 0.5) is 0 Å². The molecule has 0 atom stereocenters. The first-order chi connectivity index (χ1) is 7.89. The summed E-state index contributed by atoms with van der Waals surface area (Å²) in [5.41, 5.74) is 0. The molecule has 0 fully saturated rings. The maximum atomic E-state index is 10.7. The fourth-order valence-corrected chi connectivity index (χ4v) is 3.17. The summed E-state index contributed by atoms with van der Waals surface area (Å²) >= 11 is 0. The van der Waals surface area contributed by atoms with Crippen molar-refractivity contribution in [3.8, 4) is 0 Å². The lowest BCUT2D eigenvalue weighted by Crippen LogP contribution is -2.50. The second kappa shape index (κ2) is 8.06. The van der Waals surface area contributed by atoms with Crippen molar-refractivity contribution in [3.05, 3.63) is 0 Å². The third-order valence-corrected chi connectivity index (χ3v) is 3.93. The van der Waals surface area contributed by atoms with E-state index >= 15 is 0 Å². The summed E-state index contributed by atoms with van der Waals surface area (Å²) < 4.78 is 31.2. The first kappa shape index (κ1) is 16.9. The number of nitrogens with zero attached hydrogens (tertiary/aromatic N) is 1. The Hall–Kier alpha value is -0.130. The first-order valence-corrected chi connectivity index (χ1v) is 8.30. The summed E-state index contributed by atoms with van der Waals surface area (Å²) in [6.07, 6.45) is 3.91. The molecule has 0 unspecified atom stereocenters. The van der Waals surface area contributed by atoms with Gasteiger partial charge in [0, 0.05) is 6.42 Å². The average Bonchev–Trinajstić information content (AvgIpc) is 2.16. The van der Waals surface area contributed by atoms with Crippen LogP contribution in [0, 0.1) is 0 Å². The molecule has 5 heteroatoms. The van der Waals surface area contributed by atoms with Crippen LogP contribution in [0.5, 0.6) is 0 Å². The molecule has 0 bridgehead atoms. The predicted molar refractivity (Wildman–Crippen MR) is 71.6 cm³/mol. The molecular formula is C12H28NO3S+. The molecule has 0 amide bonds. The van der Waals surface area contributed by atoms with Gasteiger partial charge in [0.2, 0.25) is 0 Å². The molecular weight excluding hydrogens is 238 g/mol. The zero-order chi connectivity index (χ0) is 13.4. The molecule has 0 aromatic carbocycles. The minimum atomic E-state index is -3.80. The average molecular weight is 266 g/mol. The molecule has 17 heavy (non-hydrogen) atoms. The summed E-state index contributed by atoms with van der Waals surface area (Å²) in [5.74, 6) is -0.107. The van der Waals surface area contributed by atoms with Crippen LogP contribution in [0.3, 0.4) is 0 Å². The maximum Gasteiger partial charge on any atom is 0.265 e. The van der Waals surface area contributed by atoms with E-state index in [1.807, 2.05) is 0 Å². The van der Waals surface area contributed by atoms with E-state index in [2.05, 4.69) is 20.8 Å². The minimum Gasteiger partial charge on any atom is -0.324 e. The fourth-order valence-electron chi connectivity index (χ4n) is 2.68. The Morgan fingerprint density at radius 3 is 1.59 bits per heavy atom. The van der Waals surface area contributed by atoms with Gasteiger partial charge in [0.1, 0.15) is 0 Å². The Morgan fingerprint density at radius 2 is 1.29 bits per heavy atom. The Balaban J connectivity index is 4.43. The zero-order valence-corrected chi connectivity index (χ0v) is 12.3. The standard InChI is InChI=1S/C12H27NO3S/c1-4-8-13(9-5-2,10-6-3)11-7-12-17(14,15)16/h4-12H2,1-3H3/p+1. The van der Waals surface area contributed by atoms with Gasteiger partial charge in [0.05, 0.1) is 31.9 Å². The van der Waals surface area contributed by atoms with E-state index in [4.69, 9.17) is 4.55 Å². The van der Waals surface area contributed by atoms with Gasteiger partial charge in [-0.2, -0.15) is 8.42 Å². The van der Waals surface area contributed by atoms with Crippen molar-refractivity contribution in [3.63, 3.8) is 0 Å². The molecule has 0 heterocycles.